The maximum Gasteiger partial charge on any atom is 0.340 e. The molecule has 2 aromatic heterocycles. The van der Waals surface area contributed by atoms with Gasteiger partial charge in [0.15, 0.2) is 11.3 Å². The molecule has 0 aliphatic rings. The van der Waals surface area contributed by atoms with Crippen molar-refractivity contribution >= 4 is 16.9 Å². The number of hydrogen-bond acceptors (Lipinski definition) is 6. The van der Waals surface area contributed by atoms with Crippen LogP contribution >= 0.6 is 0 Å². The fraction of sp³-hybridized carbons (Fsp3) is 0.167. The number of phenols is 2. The first-order valence-electron chi connectivity index (χ1n) is 7.60. The van der Waals surface area contributed by atoms with Crippen molar-refractivity contribution < 1.29 is 19.4 Å². The predicted molar refractivity (Wildman–Crippen MR) is 90.3 cm³/mol. The zero-order valence-electron chi connectivity index (χ0n) is 13.4. The van der Waals surface area contributed by atoms with E-state index in [9.17, 15) is 19.8 Å². The molecule has 0 saturated heterocycles. The standard InChI is InChI=1S/C18H16N2O5/c1-10-12-2-3-14(21)16(23)17(12)25-18(24)13(10)8-15(22)20-9-11-4-6-19-7-5-11/h2-7,21,23H,8-9H2,1H3,(H,20,22). The molecule has 128 valence electrons. The number of nitrogens with one attached hydrogen (secondary N) is 1. The molecule has 0 aliphatic carbocycles. The van der Waals surface area contributed by atoms with Crippen LogP contribution in [0.4, 0.5) is 0 Å². The van der Waals surface area contributed by atoms with Gasteiger partial charge in [0, 0.05) is 24.3 Å². The smallest absolute Gasteiger partial charge is 0.340 e. The molecule has 7 nitrogen and oxygen atoms in total. The van der Waals surface area contributed by atoms with Gasteiger partial charge >= 0.3 is 5.63 Å². The SMILES string of the molecule is Cc1c(CC(=O)NCc2ccncc2)c(=O)oc2c(O)c(O)ccc12. The number of amides is 1. The van der Waals surface area contributed by atoms with Crippen LogP contribution < -0.4 is 10.9 Å². The molecule has 7 heteroatoms. The van der Waals surface area contributed by atoms with E-state index in [0.29, 0.717) is 17.5 Å². The Bertz CT molecular complexity index is 996. The van der Waals surface area contributed by atoms with E-state index < -0.39 is 11.4 Å². The summed E-state index contributed by atoms with van der Waals surface area (Å²) in [5.74, 6) is -1.20. The second-order valence-corrected chi connectivity index (χ2v) is 5.61. The molecular weight excluding hydrogens is 324 g/mol. The van der Waals surface area contributed by atoms with E-state index in [1.165, 1.54) is 12.1 Å². The Morgan fingerprint density at radius 3 is 2.64 bits per heavy atom. The van der Waals surface area contributed by atoms with Gasteiger partial charge in [-0.2, -0.15) is 0 Å². The van der Waals surface area contributed by atoms with E-state index in [-0.39, 0.29) is 29.2 Å². The Balaban J connectivity index is 1.85. The van der Waals surface area contributed by atoms with E-state index >= 15 is 0 Å². The molecule has 0 unspecified atom stereocenters. The molecule has 3 N–H and O–H groups in total. The lowest BCUT2D eigenvalue weighted by Gasteiger charge is -2.10. The second kappa shape index (κ2) is 6.64. The van der Waals surface area contributed by atoms with Gasteiger partial charge in [0.1, 0.15) is 0 Å². The van der Waals surface area contributed by atoms with Crippen molar-refractivity contribution in [2.45, 2.75) is 19.9 Å². The number of benzene rings is 1. The average Bonchev–Trinajstić information content (AvgIpc) is 2.61. The number of nitrogens with zero attached hydrogens (tertiary/aromatic N) is 1. The van der Waals surface area contributed by atoms with Crippen molar-refractivity contribution in [2.24, 2.45) is 0 Å². The second-order valence-electron chi connectivity index (χ2n) is 5.61. The van der Waals surface area contributed by atoms with Crippen LogP contribution in [0.1, 0.15) is 16.7 Å². The van der Waals surface area contributed by atoms with Crippen LogP contribution in [-0.4, -0.2) is 21.1 Å². The van der Waals surface area contributed by atoms with Gasteiger partial charge in [0.25, 0.3) is 0 Å². The van der Waals surface area contributed by atoms with Crippen LogP contribution in [0.3, 0.4) is 0 Å². The summed E-state index contributed by atoms with van der Waals surface area (Å²) in [6.07, 6.45) is 3.12. The van der Waals surface area contributed by atoms with Crippen molar-refractivity contribution in [3.63, 3.8) is 0 Å². The number of fused-ring (bicyclic) bond motifs is 1. The van der Waals surface area contributed by atoms with Crippen molar-refractivity contribution in [3.05, 3.63) is 63.8 Å². The minimum atomic E-state index is -0.718. The Labute approximate surface area is 142 Å². The van der Waals surface area contributed by atoms with Crippen LogP contribution in [-0.2, 0) is 17.8 Å². The molecule has 0 atom stereocenters. The summed E-state index contributed by atoms with van der Waals surface area (Å²) < 4.78 is 5.10. The number of aromatic nitrogens is 1. The zero-order valence-corrected chi connectivity index (χ0v) is 13.4. The molecule has 1 aromatic carbocycles. The van der Waals surface area contributed by atoms with E-state index in [4.69, 9.17) is 4.42 Å². The van der Waals surface area contributed by atoms with Gasteiger partial charge in [-0.05, 0) is 42.3 Å². The van der Waals surface area contributed by atoms with Gasteiger partial charge in [0.05, 0.1) is 12.0 Å². The number of aromatic hydroxyl groups is 2. The Morgan fingerprint density at radius 2 is 1.92 bits per heavy atom. The summed E-state index contributed by atoms with van der Waals surface area (Å²) in [4.78, 5) is 28.2. The minimum Gasteiger partial charge on any atom is -0.504 e. The van der Waals surface area contributed by atoms with Crippen molar-refractivity contribution in [3.8, 4) is 11.5 Å². The molecule has 1 amide bonds. The summed E-state index contributed by atoms with van der Waals surface area (Å²) in [7, 11) is 0. The summed E-state index contributed by atoms with van der Waals surface area (Å²) >= 11 is 0. The number of carbonyl (C=O) groups is 1. The molecule has 0 radical (unpaired) electrons. The molecule has 0 aliphatic heterocycles. The van der Waals surface area contributed by atoms with E-state index in [0.717, 1.165) is 5.56 Å². The van der Waals surface area contributed by atoms with Crippen LogP contribution in [0.5, 0.6) is 11.5 Å². The Hall–Kier alpha value is -3.35. The molecule has 0 saturated carbocycles. The lowest BCUT2D eigenvalue weighted by atomic mass is 10.0. The first kappa shape index (κ1) is 16.5. The normalized spacial score (nSPS) is 10.8. The highest BCUT2D eigenvalue weighted by molar-refractivity contribution is 5.89. The summed E-state index contributed by atoms with van der Waals surface area (Å²) in [5.41, 5.74) is 0.824. The summed E-state index contributed by atoms with van der Waals surface area (Å²) in [5, 5.41) is 22.5. The number of aryl methyl sites for hydroxylation is 1. The van der Waals surface area contributed by atoms with Crippen LogP contribution in [0.15, 0.2) is 45.9 Å². The van der Waals surface area contributed by atoms with E-state index in [1.807, 2.05) is 0 Å². The zero-order chi connectivity index (χ0) is 18.0. The molecule has 3 rings (SSSR count). The topological polar surface area (TPSA) is 113 Å². The van der Waals surface area contributed by atoms with Gasteiger partial charge in [-0.15, -0.1) is 0 Å². The minimum absolute atomic E-state index is 0.0940. The molecule has 25 heavy (non-hydrogen) atoms. The van der Waals surface area contributed by atoms with E-state index in [2.05, 4.69) is 10.3 Å². The number of pyridine rings is 1. The highest BCUT2D eigenvalue weighted by Crippen LogP contribution is 2.34. The predicted octanol–water partition coefficient (Wildman–Crippen LogP) is 1.77. The lowest BCUT2D eigenvalue weighted by Crippen LogP contribution is -2.27. The van der Waals surface area contributed by atoms with Crippen molar-refractivity contribution in [2.75, 3.05) is 0 Å². The van der Waals surface area contributed by atoms with Gasteiger partial charge < -0.3 is 19.9 Å². The largest absolute Gasteiger partial charge is 0.504 e. The third kappa shape index (κ3) is 3.30. The number of rotatable bonds is 4. The quantitative estimate of drug-likeness (QED) is 0.493. The number of hydrogen-bond donors (Lipinski definition) is 3. The summed E-state index contributed by atoms with van der Waals surface area (Å²) in [6.45, 7) is 2.00. The van der Waals surface area contributed by atoms with Gasteiger partial charge in [-0.25, -0.2) is 4.79 Å². The Morgan fingerprint density at radius 1 is 1.20 bits per heavy atom. The summed E-state index contributed by atoms with van der Waals surface area (Å²) in [6, 6.07) is 6.40. The lowest BCUT2D eigenvalue weighted by molar-refractivity contribution is -0.120. The molecule has 3 aromatic rings. The third-order valence-corrected chi connectivity index (χ3v) is 3.98. The van der Waals surface area contributed by atoms with Crippen LogP contribution in [0.25, 0.3) is 11.0 Å². The first-order valence-corrected chi connectivity index (χ1v) is 7.60. The average molecular weight is 340 g/mol. The highest BCUT2D eigenvalue weighted by atomic mass is 16.4. The highest BCUT2D eigenvalue weighted by Gasteiger charge is 2.18. The van der Waals surface area contributed by atoms with Crippen molar-refractivity contribution in [1.82, 2.24) is 10.3 Å². The fourth-order valence-electron chi connectivity index (χ4n) is 2.56. The maximum atomic E-state index is 12.2. The monoisotopic (exact) mass is 340 g/mol. The Kier molecular flexibility index (Phi) is 4.38. The molecule has 2 heterocycles. The number of carbonyl (C=O) groups excluding carboxylic acids is 1. The van der Waals surface area contributed by atoms with Crippen LogP contribution in [0.2, 0.25) is 0 Å². The number of phenolic OH excluding ortho intramolecular Hbond substituents is 2. The third-order valence-electron chi connectivity index (χ3n) is 3.98. The molecule has 0 fully saturated rings. The van der Waals surface area contributed by atoms with Gasteiger partial charge in [0.2, 0.25) is 11.7 Å². The van der Waals surface area contributed by atoms with Gasteiger partial charge in [-0.1, -0.05) is 0 Å². The molecule has 0 bridgehead atoms. The maximum absolute atomic E-state index is 12.2. The van der Waals surface area contributed by atoms with E-state index in [1.54, 1.807) is 31.5 Å². The van der Waals surface area contributed by atoms with Crippen molar-refractivity contribution in [1.29, 1.82) is 0 Å². The van der Waals surface area contributed by atoms with Crippen LogP contribution in [0, 0.1) is 6.92 Å². The molecular formula is C18H16N2O5. The first-order chi connectivity index (χ1) is 12.0. The fourth-order valence-corrected chi connectivity index (χ4v) is 2.56. The van der Waals surface area contributed by atoms with Gasteiger partial charge in [-0.3, -0.25) is 9.78 Å². The molecule has 0 spiro atoms.